The van der Waals surface area contributed by atoms with Crippen LogP contribution < -0.4 is 0 Å². The summed E-state index contributed by atoms with van der Waals surface area (Å²) in [5.41, 5.74) is -2.74. The molecule has 10 rings (SSSR count). The summed E-state index contributed by atoms with van der Waals surface area (Å²) >= 11 is 0. The summed E-state index contributed by atoms with van der Waals surface area (Å²) in [7, 11) is 0. The lowest BCUT2D eigenvalue weighted by Gasteiger charge is -2.67. The molecule has 580 valence electrons. The lowest BCUT2D eigenvalue weighted by molar-refractivity contribution is -0.399. The minimum absolute atomic E-state index is 0.00541. The standard InChI is InChI=1S/C67H114O33/c1-10-29-39(72)45(78)51(84)57(91-29)89-24-34-44(77)50(83)55(100-62-56(49(82)42(75)32(22-70)94-62)99-60-54(87)47(80)41(74)31(21-69)93-60)61(96-34)98-38(64(5,6)88)15-11-25(2)26-17-18-65(7)35-14-12-27-28(67(35,9)36(71)19-66(26,65)8)13-16-37(63(27,3)4)97-59-53(86)48(81)43(76)33(95-59)23-90-58-52(85)46(79)40(73)30(20-68)92-58/h12,25-26,28-62,68-88H,10-11,13-24H2,1-9H3/t25-,26-,28-,29-,30-,31-,32-,33-,34-,35+,36-,37+,38-,39-,40-,41-,42-,43-,44-,45+,46+,47+,48+,49+,50+,51-,52-,53-,54-,55-,56-,57-,58-,59+,60+,61+,62?,65+,66-,67+/m1/s1. The predicted molar refractivity (Wildman–Crippen MR) is 336 cm³/mol. The topological polar surface area (TPSA) is 536 Å². The zero-order valence-electron chi connectivity index (χ0n) is 58.1. The molecule has 0 aromatic rings. The third kappa shape index (κ3) is 14.8. The van der Waals surface area contributed by atoms with Gasteiger partial charge in [-0.05, 0) is 106 Å². The number of fused-ring (bicyclic) bond motifs is 5. The minimum atomic E-state index is -2.06. The van der Waals surface area contributed by atoms with Gasteiger partial charge in [0.05, 0.1) is 63.1 Å². The Morgan fingerprint density at radius 3 is 1.42 bits per heavy atom. The van der Waals surface area contributed by atoms with Crippen LogP contribution in [0.1, 0.15) is 120 Å². The summed E-state index contributed by atoms with van der Waals surface area (Å²) in [4.78, 5) is 0. The molecule has 33 heteroatoms. The molecule has 0 bridgehead atoms. The Hall–Kier alpha value is -1.58. The molecular weight excluding hydrogens is 1330 g/mol. The summed E-state index contributed by atoms with van der Waals surface area (Å²) in [6.07, 6.45) is -47.4. The van der Waals surface area contributed by atoms with E-state index in [0.29, 0.717) is 32.1 Å². The second-order valence-electron chi connectivity index (χ2n) is 31.8. The first-order valence-corrected chi connectivity index (χ1v) is 35.5. The van der Waals surface area contributed by atoms with Crippen molar-refractivity contribution in [1.29, 1.82) is 0 Å². The molecule has 10 aliphatic rings. The SMILES string of the molecule is CC[C@H]1O[C@@H](OC[C@H]2O[C@@H](O[C@H](CC[C@@H](C)[C@H]3CC[C@@]4(C)[C@@H]5CC=C6[C@@H](CC[C@H](O[C@@H]7O[C@H](CO[C@@H]8O[C@H](CO)[C@@H](O)[C@H](O)[C@H]8O)[C@@H](O)[C@H](O)[C@H]7O)C6(C)C)[C@]5(C)[C@H](O)C[C@]34C)C(C)(C)O)[C@H](OC3O[C@H](CO)[C@@H](O)[C@H](O)[C@H]3O[C@@H]3O[C@H](CO)[C@@H](O)[C@H](O)[C@H]3O)[C@@H](O)[C@@H]2O)[C@H](O)[C@@H](O)[C@@H]1O. The van der Waals surface area contributed by atoms with Crippen molar-refractivity contribution in [2.45, 2.75) is 328 Å². The molecule has 0 radical (unpaired) electrons. The van der Waals surface area contributed by atoms with Gasteiger partial charge in [-0.1, -0.05) is 60.1 Å². The molecule has 6 heterocycles. The molecular formula is C67H114O33. The highest BCUT2D eigenvalue weighted by Gasteiger charge is 2.71. The fourth-order valence-electron chi connectivity index (χ4n) is 18.7. The van der Waals surface area contributed by atoms with Crippen LogP contribution in [-0.2, 0) is 56.8 Å². The Balaban J connectivity index is 0.851. The van der Waals surface area contributed by atoms with Crippen molar-refractivity contribution in [1.82, 2.24) is 0 Å². The maximum atomic E-state index is 12.9. The van der Waals surface area contributed by atoms with Crippen LogP contribution in [-0.4, -0.2) is 348 Å². The van der Waals surface area contributed by atoms with Crippen LogP contribution in [0.5, 0.6) is 0 Å². The molecule has 100 heavy (non-hydrogen) atoms. The van der Waals surface area contributed by atoms with Gasteiger partial charge in [0.1, 0.15) is 140 Å². The summed E-state index contributed by atoms with van der Waals surface area (Å²) in [5.74, 6) is -0.190. The van der Waals surface area contributed by atoms with Gasteiger partial charge in [0, 0.05) is 10.8 Å². The van der Waals surface area contributed by atoms with E-state index in [1.54, 1.807) is 6.92 Å². The van der Waals surface area contributed by atoms with Crippen LogP contribution >= 0.6 is 0 Å². The van der Waals surface area contributed by atoms with Crippen molar-refractivity contribution in [3.63, 3.8) is 0 Å². The number of aliphatic hydroxyl groups excluding tert-OH is 20. The van der Waals surface area contributed by atoms with Crippen LogP contribution in [0.2, 0.25) is 0 Å². The molecule has 21 N–H and O–H groups in total. The fourth-order valence-corrected chi connectivity index (χ4v) is 18.7. The number of ether oxygens (including phenoxy) is 12. The third-order valence-electron chi connectivity index (χ3n) is 25.2. The quantitative estimate of drug-likeness (QED) is 0.0423. The van der Waals surface area contributed by atoms with Gasteiger partial charge in [0.15, 0.2) is 37.7 Å². The third-order valence-corrected chi connectivity index (χ3v) is 25.2. The van der Waals surface area contributed by atoms with Crippen molar-refractivity contribution in [2.24, 2.45) is 45.3 Å². The Morgan fingerprint density at radius 1 is 0.480 bits per heavy atom. The molecule has 33 nitrogen and oxygen atoms in total. The van der Waals surface area contributed by atoms with E-state index in [9.17, 15) is 107 Å². The highest BCUT2D eigenvalue weighted by atomic mass is 16.8. The van der Waals surface area contributed by atoms with Crippen molar-refractivity contribution < 1.29 is 164 Å². The Labute approximate surface area is 580 Å². The molecule has 0 aromatic carbocycles. The number of rotatable bonds is 23. The van der Waals surface area contributed by atoms with Crippen LogP contribution in [0.4, 0.5) is 0 Å². The van der Waals surface area contributed by atoms with E-state index < -0.39 is 257 Å². The molecule has 0 aromatic heterocycles. The first-order valence-electron chi connectivity index (χ1n) is 35.5. The second-order valence-corrected chi connectivity index (χ2v) is 31.8. The molecule has 9 fully saturated rings. The van der Waals surface area contributed by atoms with Gasteiger partial charge in [-0.2, -0.15) is 0 Å². The van der Waals surface area contributed by atoms with Crippen LogP contribution in [0.3, 0.4) is 0 Å². The lowest BCUT2D eigenvalue weighted by Crippen LogP contribution is -2.67. The smallest absolute Gasteiger partial charge is 0.187 e. The van der Waals surface area contributed by atoms with Gasteiger partial charge in [-0.25, -0.2) is 0 Å². The molecule has 0 amide bonds. The Kier molecular flexibility index (Phi) is 25.5. The largest absolute Gasteiger partial charge is 0.394 e. The van der Waals surface area contributed by atoms with Gasteiger partial charge in [0.25, 0.3) is 0 Å². The first-order chi connectivity index (χ1) is 46.9. The number of hydrogen-bond acceptors (Lipinski definition) is 33. The van der Waals surface area contributed by atoms with Crippen LogP contribution in [0.25, 0.3) is 0 Å². The summed E-state index contributed by atoms with van der Waals surface area (Å²) in [6.45, 7) is 13.9. The van der Waals surface area contributed by atoms with E-state index in [0.717, 1.165) is 18.4 Å². The number of hydrogen-bond donors (Lipinski definition) is 21. The van der Waals surface area contributed by atoms with E-state index in [2.05, 4.69) is 33.8 Å². The van der Waals surface area contributed by atoms with Gasteiger partial charge < -0.3 is 164 Å². The molecule has 6 aliphatic heterocycles. The number of aliphatic hydroxyl groups is 21. The maximum Gasteiger partial charge on any atom is 0.187 e. The molecule has 4 aliphatic carbocycles. The maximum absolute atomic E-state index is 12.9. The van der Waals surface area contributed by atoms with Crippen LogP contribution in [0, 0.1) is 45.3 Å². The van der Waals surface area contributed by atoms with Gasteiger partial charge in [0.2, 0.25) is 0 Å². The minimum Gasteiger partial charge on any atom is -0.394 e. The van der Waals surface area contributed by atoms with Crippen LogP contribution in [0.15, 0.2) is 11.6 Å². The predicted octanol–water partition coefficient (Wildman–Crippen LogP) is -6.17. The summed E-state index contributed by atoms with van der Waals surface area (Å²) in [5, 5.41) is 230. The fraction of sp³-hybridized carbons (Fsp3) is 0.970. The van der Waals surface area contributed by atoms with Crippen molar-refractivity contribution in [2.75, 3.05) is 33.0 Å². The lowest BCUT2D eigenvalue weighted by atomic mass is 9.38. The van der Waals surface area contributed by atoms with Gasteiger partial charge in [-0.15, -0.1) is 0 Å². The highest BCUT2D eigenvalue weighted by Crippen LogP contribution is 2.75. The molecule has 3 saturated carbocycles. The molecule has 6 saturated heterocycles. The highest BCUT2D eigenvalue weighted by molar-refractivity contribution is 5.32. The van der Waals surface area contributed by atoms with Crippen molar-refractivity contribution >= 4 is 0 Å². The normalized spacial score (nSPS) is 52.1. The molecule has 0 spiro atoms. The van der Waals surface area contributed by atoms with E-state index >= 15 is 0 Å². The second kappa shape index (κ2) is 31.6. The molecule has 40 atom stereocenters. The van der Waals surface area contributed by atoms with Gasteiger partial charge >= 0.3 is 0 Å². The van der Waals surface area contributed by atoms with Crippen molar-refractivity contribution in [3.8, 4) is 0 Å². The monoisotopic (exact) mass is 1450 g/mol. The Bertz CT molecular complexity index is 2670. The number of allylic oxidation sites excluding steroid dienone is 1. The average Bonchev–Trinajstić information content (AvgIpc) is 1.62. The summed E-state index contributed by atoms with van der Waals surface area (Å²) in [6, 6.07) is 0. The zero-order chi connectivity index (χ0) is 73.5. The Morgan fingerprint density at radius 2 is 0.900 bits per heavy atom. The van der Waals surface area contributed by atoms with Gasteiger partial charge in [-0.3, -0.25) is 0 Å². The van der Waals surface area contributed by atoms with E-state index in [-0.39, 0.29) is 41.9 Å². The van der Waals surface area contributed by atoms with E-state index in [1.807, 2.05) is 13.8 Å². The van der Waals surface area contributed by atoms with E-state index in [4.69, 9.17) is 56.8 Å². The summed E-state index contributed by atoms with van der Waals surface area (Å²) < 4.78 is 72.3. The average molecular weight is 1450 g/mol. The molecule has 1 unspecified atom stereocenters. The first kappa shape index (κ1) is 80.9. The van der Waals surface area contributed by atoms with Crippen molar-refractivity contribution in [3.05, 3.63) is 11.6 Å². The zero-order valence-corrected chi connectivity index (χ0v) is 58.1. The van der Waals surface area contributed by atoms with E-state index in [1.165, 1.54) is 13.8 Å².